The Morgan fingerprint density at radius 2 is 1.32 bits per heavy atom. The highest BCUT2D eigenvalue weighted by molar-refractivity contribution is 5.93. The van der Waals surface area contributed by atoms with E-state index >= 15 is 0 Å². The van der Waals surface area contributed by atoms with Gasteiger partial charge in [0, 0.05) is 18.7 Å². The van der Waals surface area contributed by atoms with Crippen LogP contribution < -0.4 is 10.2 Å². The average molecular weight is 435 g/mol. The number of hydrogen-bond donors (Lipinski definition) is 1. The molecule has 0 saturated carbocycles. The van der Waals surface area contributed by atoms with Gasteiger partial charge in [-0.15, -0.1) is 12.4 Å². The van der Waals surface area contributed by atoms with E-state index in [0.717, 1.165) is 38.2 Å². The third kappa shape index (κ3) is 6.43. The van der Waals surface area contributed by atoms with E-state index < -0.39 is 0 Å². The molecule has 31 heavy (non-hydrogen) atoms. The van der Waals surface area contributed by atoms with E-state index in [9.17, 15) is 4.79 Å². The Morgan fingerprint density at radius 3 is 1.97 bits per heavy atom. The Morgan fingerprint density at radius 1 is 0.774 bits per heavy atom. The first-order chi connectivity index (χ1) is 14.8. The third-order valence-electron chi connectivity index (χ3n) is 6.08. The summed E-state index contributed by atoms with van der Waals surface area (Å²) in [5.41, 5.74) is 3.59. The number of carbonyl (C=O) groups is 1. The second kappa shape index (κ2) is 11.7. The van der Waals surface area contributed by atoms with Crippen LogP contribution in [-0.4, -0.2) is 25.5 Å². The quantitative estimate of drug-likeness (QED) is 0.531. The van der Waals surface area contributed by atoms with E-state index in [4.69, 9.17) is 0 Å². The highest BCUT2D eigenvalue weighted by Crippen LogP contribution is 2.26. The number of nitrogens with zero attached hydrogens (tertiary/aromatic N) is 1. The first-order valence-electron chi connectivity index (χ1n) is 10.9. The second-order valence-electron chi connectivity index (χ2n) is 8.19. The van der Waals surface area contributed by atoms with Crippen molar-refractivity contribution in [2.24, 2.45) is 11.8 Å². The van der Waals surface area contributed by atoms with Gasteiger partial charge in [0.2, 0.25) is 5.91 Å². The Labute approximate surface area is 191 Å². The van der Waals surface area contributed by atoms with Crippen LogP contribution in [0.1, 0.15) is 17.5 Å². The molecule has 1 saturated heterocycles. The lowest BCUT2D eigenvalue weighted by Crippen LogP contribution is -2.38. The van der Waals surface area contributed by atoms with Crippen molar-refractivity contribution in [3.8, 4) is 0 Å². The zero-order valence-electron chi connectivity index (χ0n) is 17.8. The van der Waals surface area contributed by atoms with Crippen molar-refractivity contribution < 1.29 is 4.79 Å². The summed E-state index contributed by atoms with van der Waals surface area (Å²) in [6, 6.07) is 31.1. The lowest BCUT2D eigenvalue weighted by atomic mass is 9.89. The fourth-order valence-electron chi connectivity index (χ4n) is 4.38. The molecule has 1 aliphatic rings. The van der Waals surface area contributed by atoms with Crippen LogP contribution >= 0.6 is 12.4 Å². The van der Waals surface area contributed by atoms with Gasteiger partial charge < -0.3 is 10.2 Å². The van der Waals surface area contributed by atoms with Crippen LogP contribution in [0.5, 0.6) is 0 Å². The van der Waals surface area contributed by atoms with Crippen molar-refractivity contribution in [1.82, 2.24) is 5.32 Å². The van der Waals surface area contributed by atoms with Crippen LogP contribution in [0.25, 0.3) is 0 Å². The van der Waals surface area contributed by atoms with Crippen molar-refractivity contribution in [1.29, 1.82) is 0 Å². The van der Waals surface area contributed by atoms with E-state index in [1.54, 1.807) is 0 Å². The monoisotopic (exact) mass is 434 g/mol. The average Bonchev–Trinajstić information content (AvgIpc) is 3.24. The molecule has 0 bridgehead atoms. The molecule has 0 aromatic heterocycles. The molecular weight excluding hydrogens is 404 g/mol. The van der Waals surface area contributed by atoms with Gasteiger partial charge in [-0.1, -0.05) is 78.9 Å². The summed E-state index contributed by atoms with van der Waals surface area (Å²) in [5, 5.41) is 3.56. The molecule has 1 N–H and O–H groups in total. The summed E-state index contributed by atoms with van der Waals surface area (Å²) in [6.07, 6.45) is 2.36. The van der Waals surface area contributed by atoms with E-state index in [-0.39, 0.29) is 18.3 Å². The normalized spacial score (nSPS) is 17.7. The van der Waals surface area contributed by atoms with Gasteiger partial charge >= 0.3 is 0 Å². The number of para-hydroxylation sites is 1. The largest absolute Gasteiger partial charge is 0.316 e. The molecule has 0 spiro atoms. The zero-order valence-corrected chi connectivity index (χ0v) is 18.6. The number of rotatable bonds is 8. The minimum Gasteiger partial charge on any atom is -0.316 e. The van der Waals surface area contributed by atoms with E-state index in [0.29, 0.717) is 18.3 Å². The number of benzene rings is 3. The van der Waals surface area contributed by atoms with Gasteiger partial charge in [0.15, 0.2) is 0 Å². The molecule has 4 rings (SSSR count). The smallest absolute Gasteiger partial charge is 0.227 e. The summed E-state index contributed by atoms with van der Waals surface area (Å²) in [5.74, 6) is 1.20. The van der Waals surface area contributed by atoms with Gasteiger partial charge in [0.1, 0.15) is 0 Å². The number of hydrogen-bond acceptors (Lipinski definition) is 2. The summed E-state index contributed by atoms with van der Waals surface area (Å²) >= 11 is 0. The van der Waals surface area contributed by atoms with Crippen molar-refractivity contribution in [3.05, 3.63) is 102 Å². The third-order valence-corrected chi connectivity index (χ3v) is 6.08. The molecule has 162 valence electrons. The number of carbonyl (C=O) groups excluding carboxylic acids is 1. The molecule has 0 radical (unpaired) electrons. The van der Waals surface area contributed by atoms with Gasteiger partial charge in [0.05, 0.1) is 0 Å². The van der Waals surface area contributed by atoms with Crippen molar-refractivity contribution in [2.75, 3.05) is 24.5 Å². The maximum Gasteiger partial charge on any atom is 0.227 e. The van der Waals surface area contributed by atoms with Crippen LogP contribution in [-0.2, 0) is 17.6 Å². The molecule has 0 aliphatic carbocycles. The lowest BCUT2D eigenvalue weighted by Gasteiger charge is -2.29. The number of aryl methyl sites for hydroxylation is 1. The number of halogens is 1. The predicted molar refractivity (Wildman–Crippen MR) is 131 cm³/mol. The minimum absolute atomic E-state index is 0. The van der Waals surface area contributed by atoms with E-state index in [1.165, 1.54) is 11.1 Å². The summed E-state index contributed by atoms with van der Waals surface area (Å²) < 4.78 is 0. The van der Waals surface area contributed by atoms with E-state index in [1.807, 2.05) is 41.3 Å². The summed E-state index contributed by atoms with van der Waals surface area (Å²) in [7, 11) is 0. The molecular formula is C27H31ClN2O. The Kier molecular flexibility index (Phi) is 8.69. The van der Waals surface area contributed by atoms with Crippen LogP contribution in [0.2, 0.25) is 0 Å². The highest BCUT2D eigenvalue weighted by Gasteiger charge is 2.30. The van der Waals surface area contributed by atoms with Crippen molar-refractivity contribution >= 4 is 24.0 Å². The second-order valence-corrected chi connectivity index (χ2v) is 8.19. The molecule has 1 fully saturated rings. The van der Waals surface area contributed by atoms with Crippen LogP contribution in [0.15, 0.2) is 91.0 Å². The van der Waals surface area contributed by atoms with Gasteiger partial charge in [-0.05, 0) is 61.0 Å². The maximum atomic E-state index is 13.3. The van der Waals surface area contributed by atoms with Crippen LogP contribution in [0, 0.1) is 11.8 Å². The molecule has 1 amide bonds. The van der Waals surface area contributed by atoms with Crippen LogP contribution in [0.3, 0.4) is 0 Å². The van der Waals surface area contributed by atoms with Crippen LogP contribution in [0.4, 0.5) is 5.69 Å². The first-order valence-corrected chi connectivity index (χ1v) is 10.9. The Bertz CT molecular complexity index is 918. The lowest BCUT2D eigenvalue weighted by molar-refractivity contribution is -0.118. The summed E-state index contributed by atoms with van der Waals surface area (Å²) in [4.78, 5) is 15.3. The molecule has 4 heteroatoms. The molecule has 3 nitrogen and oxygen atoms in total. The zero-order chi connectivity index (χ0) is 20.6. The molecule has 3 aromatic rings. The SMILES string of the molecule is Cl.O=C(CCc1ccccc1)N(C[C@H]1CNC[C@@H]1Cc1ccccc1)c1ccccc1. The molecule has 1 aliphatic heterocycles. The molecule has 2 atom stereocenters. The topological polar surface area (TPSA) is 32.3 Å². The summed E-state index contributed by atoms with van der Waals surface area (Å²) in [6.45, 7) is 2.75. The molecule has 1 heterocycles. The highest BCUT2D eigenvalue weighted by atomic mass is 35.5. The predicted octanol–water partition coefficient (Wildman–Crippen LogP) is 5.15. The minimum atomic E-state index is 0. The van der Waals surface area contributed by atoms with Gasteiger partial charge in [0.25, 0.3) is 0 Å². The maximum absolute atomic E-state index is 13.3. The molecule has 0 unspecified atom stereocenters. The van der Waals surface area contributed by atoms with E-state index in [2.05, 4.69) is 59.9 Å². The number of anilines is 1. The fourth-order valence-corrected chi connectivity index (χ4v) is 4.38. The van der Waals surface area contributed by atoms with Gasteiger partial charge in [-0.25, -0.2) is 0 Å². The number of nitrogens with one attached hydrogen (secondary N) is 1. The van der Waals surface area contributed by atoms with Gasteiger partial charge in [-0.3, -0.25) is 4.79 Å². The number of amides is 1. The first kappa shape index (κ1) is 23.1. The van der Waals surface area contributed by atoms with Crippen molar-refractivity contribution in [3.63, 3.8) is 0 Å². The Balaban J connectivity index is 0.00000272. The van der Waals surface area contributed by atoms with Gasteiger partial charge in [-0.2, -0.15) is 0 Å². The fraction of sp³-hybridized carbons (Fsp3) is 0.296. The Hall–Kier alpha value is -2.62. The van der Waals surface area contributed by atoms with Crippen molar-refractivity contribution in [2.45, 2.75) is 19.3 Å². The standard InChI is InChI=1S/C27H30N2O.ClH/c30-27(17-16-22-10-4-1-5-11-22)29(26-14-8-3-9-15-26)21-25-20-28-19-24(25)18-23-12-6-2-7-13-23;/h1-15,24-25,28H,16-21H2;1H/t24-,25+;/m0./s1. The molecule has 3 aromatic carbocycles.